The number of ketones is 1. The molecule has 2 N–H and O–H groups in total. The summed E-state index contributed by atoms with van der Waals surface area (Å²) in [6, 6.07) is 16.3. The number of nitrogens with one attached hydrogen (secondary N) is 1. The fourth-order valence-corrected chi connectivity index (χ4v) is 2.64. The number of aromatic nitrogens is 1. The van der Waals surface area contributed by atoms with Gasteiger partial charge >= 0.3 is 5.97 Å². The van der Waals surface area contributed by atoms with Gasteiger partial charge in [-0.05, 0) is 11.6 Å². The van der Waals surface area contributed by atoms with E-state index in [1.807, 2.05) is 58.0 Å². The van der Waals surface area contributed by atoms with Crippen molar-refractivity contribution in [2.75, 3.05) is 0 Å². The van der Waals surface area contributed by atoms with Gasteiger partial charge in [-0.3, -0.25) is 9.59 Å². The number of rotatable bonds is 5. The Labute approximate surface area is 154 Å². The zero-order valence-corrected chi connectivity index (χ0v) is 15.8. The van der Waals surface area contributed by atoms with E-state index in [-0.39, 0.29) is 12.2 Å². The average molecular weight is 353 g/mol. The van der Waals surface area contributed by atoms with E-state index in [2.05, 4.69) is 4.98 Å². The number of Topliss-reactive ketones (excluding diaryl/α,β-unsaturated/α-hetero) is 1. The van der Waals surface area contributed by atoms with Crippen molar-refractivity contribution in [1.29, 1.82) is 0 Å². The van der Waals surface area contributed by atoms with E-state index in [0.29, 0.717) is 11.1 Å². The van der Waals surface area contributed by atoms with Crippen LogP contribution in [0.15, 0.2) is 60.8 Å². The van der Waals surface area contributed by atoms with Crippen molar-refractivity contribution < 1.29 is 14.7 Å². The number of carboxylic acid groups (broad SMARTS) is 1. The summed E-state index contributed by atoms with van der Waals surface area (Å²) in [5, 5.41) is 10.4. The van der Waals surface area contributed by atoms with Gasteiger partial charge in [-0.2, -0.15) is 0 Å². The summed E-state index contributed by atoms with van der Waals surface area (Å²) in [6.45, 7) is 8.00. The highest BCUT2D eigenvalue weighted by molar-refractivity contribution is 6.00. The molecule has 0 saturated carbocycles. The molecule has 26 heavy (non-hydrogen) atoms. The van der Waals surface area contributed by atoms with E-state index in [9.17, 15) is 14.7 Å². The topological polar surface area (TPSA) is 70.2 Å². The number of aliphatic carboxylic acids is 1. The van der Waals surface area contributed by atoms with Crippen molar-refractivity contribution in [2.24, 2.45) is 0 Å². The highest BCUT2D eigenvalue weighted by Gasteiger charge is 2.26. The summed E-state index contributed by atoms with van der Waals surface area (Å²) in [7, 11) is 0. The van der Waals surface area contributed by atoms with Crippen molar-refractivity contribution in [3.8, 4) is 0 Å². The number of para-hydroxylation sites is 1. The minimum Gasteiger partial charge on any atom is -0.481 e. The SMILES string of the molecule is CC.CC.O=C(CC(C(=O)O)c1c[nH]c2ccccc12)c1ccccc1. The van der Waals surface area contributed by atoms with Gasteiger partial charge in [0, 0.05) is 29.1 Å². The number of carbonyl (C=O) groups excluding carboxylic acids is 1. The van der Waals surface area contributed by atoms with Crippen LogP contribution in [0, 0.1) is 0 Å². The molecular formula is C22H27NO3. The minimum absolute atomic E-state index is 0.0544. The Bertz CT molecular complexity index is 822. The van der Waals surface area contributed by atoms with Crippen molar-refractivity contribution in [1.82, 2.24) is 4.98 Å². The number of fused-ring (bicyclic) bond motifs is 1. The first kappa shape index (κ1) is 21.2. The zero-order valence-electron chi connectivity index (χ0n) is 15.8. The maximum absolute atomic E-state index is 12.3. The molecule has 1 heterocycles. The molecule has 1 aromatic heterocycles. The van der Waals surface area contributed by atoms with Crippen LogP contribution in [0.4, 0.5) is 0 Å². The van der Waals surface area contributed by atoms with Crippen LogP contribution in [0.2, 0.25) is 0 Å². The van der Waals surface area contributed by atoms with E-state index < -0.39 is 11.9 Å². The molecule has 0 radical (unpaired) electrons. The van der Waals surface area contributed by atoms with Crippen molar-refractivity contribution in [3.63, 3.8) is 0 Å². The van der Waals surface area contributed by atoms with Gasteiger partial charge in [-0.25, -0.2) is 0 Å². The molecule has 138 valence electrons. The molecule has 3 rings (SSSR count). The Hall–Kier alpha value is -2.88. The van der Waals surface area contributed by atoms with Gasteiger partial charge in [-0.15, -0.1) is 0 Å². The number of aromatic amines is 1. The quantitative estimate of drug-likeness (QED) is 0.581. The van der Waals surface area contributed by atoms with Crippen LogP contribution in [0.5, 0.6) is 0 Å². The largest absolute Gasteiger partial charge is 0.481 e. The van der Waals surface area contributed by atoms with Gasteiger partial charge in [0.2, 0.25) is 0 Å². The molecule has 0 aliphatic heterocycles. The summed E-state index contributed by atoms with van der Waals surface area (Å²) in [6.07, 6.45) is 1.63. The van der Waals surface area contributed by atoms with Crippen molar-refractivity contribution in [2.45, 2.75) is 40.0 Å². The third-order valence-electron chi connectivity index (χ3n) is 3.78. The molecule has 0 bridgehead atoms. The summed E-state index contributed by atoms with van der Waals surface area (Å²) < 4.78 is 0. The third kappa shape index (κ3) is 5.06. The second kappa shape index (κ2) is 10.9. The van der Waals surface area contributed by atoms with Crippen LogP contribution in [0.1, 0.15) is 56.0 Å². The Balaban J connectivity index is 0.000000791. The average Bonchev–Trinajstić information content (AvgIpc) is 3.13. The predicted molar refractivity (Wildman–Crippen MR) is 107 cm³/mol. The van der Waals surface area contributed by atoms with Gasteiger partial charge in [0.25, 0.3) is 0 Å². The van der Waals surface area contributed by atoms with E-state index in [4.69, 9.17) is 0 Å². The molecule has 0 amide bonds. The molecule has 0 fully saturated rings. The smallest absolute Gasteiger partial charge is 0.311 e. The lowest BCUT2D eigenvalue weighted by Gasteiger charge is -2.11. The summed E-state index contributed by atoms with van der Waals surface area (Å²) in [4.78, 5) is 27.0. The molecule has 0 aliphatic rings. The molecule has 0 spiro atoms. The lowest BCUT2D eigenvalue weighted by Crippen LogP contribution is -2.16. The lowest BCUT2D eigenvalue weighted by molar-refractivity contribution is -0.138. The first-order valence-corrected chi connectivity index (χ1v) is 9.04. The Morgan fingerprint density at radius 1 is 0.923 bits per heavy atom. The maximum atomic E-state index is 12.3. The van der Waals surface area contributed by atoms with Crippen LogP contribution in [0.25, 0.3) is 10.9 Å². The lowest BCUT2D eigenvalue weighted by atomic mass is 9.91. The van der Waals surface area contributed by atoms with Gasteiger partial charge in [0.05, 0.1) is 5.92 Å². The highest BCUT2D eigenvalue weighted by Crippen LogP contribution is 2.29. The third-order valence-corrected chi connectivity index (χ3v) is 3.78. The van der Waals surface area contributed by atoms with E-state index >= 15 is 0 Å². The number of H-pyrrole nitrogens is 1. The Morgan fingerprint density at radius 3 is 2.12 bits per heavy atom. The first-order chi connectivity index (χ1) is 12.7. The summed E-state index contributed by atoms with van der Waals surface area (Å²) in [5.74, 6) is -2.02. The van der Waals surface area contributed by atoms with E-state index in [1.54, 1.807) is 30.5 Å². The molecule has 0 aliphatic carbocycles. The molecular weight excluding hydrogens is 326 g/mol. The van der Waals surface area contributed by atoms with E-state index in [1.165, 1.54) is 0 Å². The molecule has 4 heteroatoms. The highest BCUT2D eigenvalue weighted by atomic mass is 16.4. The van der Waals surface area contributed by atoms with Crippen LogP contribution < -0.4 is 0 Å². The van der Waals surface area contributed by atoms with Crippen molar-refractivity contribution in [3.05, 3.63) is 71.9 Å². The summed E-state index contributed by atoms with van der Waals surface area (Å²) >= 11 is 0. The first-order valence-electron chi connectivity index (χ1n) is 9.04. The fraction of sp³-hybridized carbons (Fsp3) is 0.273. The maximum Gasteiger partial charge on any atom is 0.311 e. The predicted octanol–water partition coefficient (Wildman–Crippen LogP) is 5.66. The fourth-order valence-electron chi connectivity index (χ4n) is 2.64. The second-order valence-corrected chi connectivity index (χ2v) is 5.17. The van der Waals surface area contributed by atoms with Gasteiger partial charge in [0.1, 0.15) is 0 Å². The number of carboxylic acids is 1. The summed E-state index contributed by atoms with van der Waals surface area (Å²) in [5.41, 5.74) is 2.05. The van der Waals surface area contributed by atoms with Gasteiger partial charge in [-0.1, -0.05) is 76.2 Å². The van der Waals surface area contributed by atoms with Crippen LogP contribution >= 0.6 is 0 Å². The molecule has 3 aromatic rings. The molecule has 4 nitrogen and oxygen atoms in total. The van der Waals surface area contributed by atoms with Crippen molar-refractivity contribution >= 4 is 22.7 Å². The van der Waals surface area contributed by atoms with E-state index in [0.717, 1.165) is 10.9 Å². The Kier molecular flexibility index (Phi) is 8.85. The number of hydrogen-bond donors (Lipinski definition) is 2. The van der Waals surface area contributed by atoms with Crippen LogP contribution in [-0.4, -0.2) is 21.8 Å². The number of hydrogen-bond acceptors (Lipinski definition) is 2. The van der Waals surface area contributed by atoms with Gasteiger partial charge < -0.3 is 10.1 Å². The molecule has 2 aromatic carbocycles. The van der Waals surface area contributed by atoms with Gasteiger partial charge in [0.15, 0.2) is 5.78 Å². The number of benzene rings is 2. The Morgan fingerprint density at radius 2 is 1.50 bits per heavy atom. The van der Waals surface area contributed by atoms with Crippen LogP contribution in [-0.2, 0) is 4.79 Å². The zero-order chi connectivity index (χ0) is 19.5. The monoisotopic (exact) mass is 353 g/mol. The minimum atomic E-state index is -0.992. The molecule has 1 unspecified atom stereocenters. The van der Waals surface area contributed by atoms with Crippen LogP contribution in [0.3, 0.4) is 0 Å². The molecule has 1 atom stereocenters. The number of carbonyl (C=O) groups is 2. The second-order valence-electron chi connectivity index (χ2n) is 5.17. The normalized spacial score (nSPS) is 10.8. The standard InChI is InChI=1S/C18H15NO3.2C2H6/c20-17(12-6-2-1-3-7-12)10-14(18(21)22)15-11-19-16-9-5-4-8-13(15)16;2*1-2/h1-9,11,14,19H,10H2,(H,21,22);2*1-2H3. The molecule has 0 saturated heterocycles.